The highest BCUT2D eigenvalue weighted by Gasteiger charge is 2.27. The lowest BCUT2D eigenvalue weighted by atomic mass is 9.96. The molecule has 0 N–H and O–H groups in total. The number of rotatable bonds is 3. The maximum atomic E-state index is 7.18. The number of hydrogen-bond acceptors (Lipinski definition) is 3. The van der Waals surface area contributed by atoms with Crippen molar-refractivity contribution in [2.75, 3.05) is 0 Å². The maximum Gasteiger partial charge on any atom is 0.165 e. The van der Waals surface area contributed by atoms with Crippen LogP contribution in [0.1, 0.15) is 0 Å². The van der Waals surface area contributed by atoms with Crippen molar-refractivity contribution in [3.63, 3.8) is 0 Å². The quantitative estimate of drug-likeness (QED) is 0.170. The summed E-state index contributed by atoms with van der Waals surface area (Å²) in [6.45, 7) is 0. The molecule has 0 unspecified atom stereocenters. The van der Waals surface area contributed by atoms with Gasteiger partial charge >= 0.3 is 0 Å². The van der Waals surface area contributed by atoms with Crippen LogP contribution in [0.4, 0.5) is 0 Å². The van der Waals surface area contributed by atoms with E-state index < -0.39 is 0 Å². The van der Waals surface area contributed by atoms with E-state index in [4.69, 9.17) is 14.4 Å². The Labute approximate surface area is 331 Å². The van der Waals surface area contributed by atoms with E-state index in [9.17, 15) is 0 Å². The fraction of sp³-hybridized carbons (Fsp3) is 0. The van der Waals surface area contributed by atoms with Crippen molar-refractivity contribution in [3.05, 3.63) is 188 Å². The Hall–Kier alpha value is -7.82. The third-order valence-electron chi connectivity index (χ3n) is 12.1. The van der Waals surface area contributed by atoms with Crippen molar-refractivity contribution in [2.45, 2.75) is 0 Å². The number of benzene rings is 10. The molecule has 0 saturated carbocycles. The first-order valence-electron chi connectivity index (χ1n) is 19.8. The highest BCUT2D eigenvalue weighted by Crippen LogP contribution is 2.48. The van der Waals surface area contributed by atoms with Crippen LogP contribution in [0.25, 0.3) is 126 Å². The van der Waals surface area contributed by atoms with E-state index >= 15 is 0 Å². The van der Waals surface area contributed by atoms with Gasteiger partial charge < -0.3 is 4.42 Å². The first-order chi connectivity index (χ1) is 28.8. The molecule has 0 fully saturated rings. The molecule has 0 aliphatic rings. The van der Waals surface area contributed by atoms with Crippen molar-refractivity contribution >= 4 is 97.9 Å². The van der Waals surface area contributed by atoms with Gasteiger partial charge in [0, 0.05) is 37.9 Å². The van der Waals surface area contributed by atoms with E-state index in [0.29, 0.717) is 0 Å². The summed E-state index contributed by atoms with van der Waals surface area (Å²) in [6, 6.07) is 66.9. The minimum Gasteiger partial charge on any atom is -0.454 e. The predicted octanol–water partition coefficient (Wildman–Crippen LogP) is 14.6. The molecule has 0 bridgehead atoms. The van der Waals surface area contributed by atoms with Crippen LogP contribution < -0.4 is 0 Å². The maximum absolute atomic E-state index is 7.18. The number of hydrogen-bond donors (Lipinski definition) is 0. The van der Waals surface area contributed by atoms with Crippen LogP contribution in [0.2, 0.25) is 0 Å². The van der Waals surface area contributed by atoms with E-state index in [0.717, 1.165) is 99.0 Å². The van der Waals surface area contributed by atoms with Gasteiger partial charge in [0.25, 0.3) is 0 Å². The Morgan fingerprint density at radius 2 is 0.948 bits per heavy atom. The highest BCUT2D eigenvalue weighted by molar-refractivity contribution is 6.37. The Morgan fingerprint density at radius 1 is 0.379 bits per heavy atom. The summed E-state index contributed by atoms with van der Waals surface area (Å²) < 4.78 is 9.53. The molecule has 13 rings (SSSR count). The molecule has 4 heteroatoms. The van der Waals surface area contributed by atoms with Crippen LogP contribution in [0.3, 0.4) is 0 Å². The van der Waals surface area contributed by atoms with E-state index in [1.165, 1.54) is 27.1 Å². The Kier molecular flexibility index (Phi) is 6.41. The van der Waals surface area contributed by atoms with Gasteiger partial charge in [-0.3, -0.25) is 4.57 Å². The molecule has 4 nitrogen and oxygen atoms in total. The van der Waals surface area contributed by atoms with Gasteiger partial charge in [-0.15, -0.1) is 0 Å². The van der Waals surface area contributed by atoms with Crippen LogP contribution in [0, 0.1) is 0 Å². The number of nitrogens with zero attached hydrogens (tertiary/aromatic N) is 3. The molecular weight excluding hydrogens is 707 g/mol. The second-order valence-electron chi connectivity index (χ2n) is 15.2. The van der Waals surface area contributed by atoms with Crippen molar-refractivity contribution in [3.8, 4) is 28.2 Å². The second kappa shape index (κ2) is 11.8. The average molecular weight is 738 g/mol. The molecule has 0 spiro atoms. The summed E-state index contributed by atoms with van der Waals surface area (Å²) in [6.07, 6.45) is 0. The van der Waals surface area contributed by atoms with Crippen LogP contribution in [0.15, 0.2) is 192 Å². The molecule has 0 aliphatic heterocycles. The molecule has 3 heterocycles. The van der Waals surface area contributed by atoms with Crippen molar-refractivity contribution in [1.29, 1.82) is 0 Å². The fourth-order valence-electron chi connectivity index (χ4n) is 9.62. The third kappa shape index (κ3) is 4.29. The van der Waals surface area contributed by atoms with E-state index in [1.807, 2.05) is 0 Å². The largest absolute Gasteiger partial charge is 0.454 e. The molecule has 10 aromatic carbocycles. The summed E-state index contributed by atoms with van der Waals surface area (Å²) in [5, 5.41) is 13.6. The fourth-order valence-corrected chi connectivity index (χ4v) is 9.62. The Balaban J connectivity index is 1.30. The van der Waals surface area contributed by atoms with Crippen molar-refractivity contribution in [2.24, 2.45) is 0 Å². The molecule has 0 radical (unpaired) electrons. The highest BCUT2D eigenvalue weighted by atomic mass is 16.3. The van der Waals surface area contributed by atoms with Gasteiger partial charge in [-0.1, -0.05) is 170 Å². The normalized spacial score (nSPS) is 12.1. The molecule has 0 saturated heterocycles. The lowest BCUT2D eigenvalue weighted by molar-refractivity contribution is 0.671. The molecule has 58 heavy (non-hydrogen) atoms. The number of fused-ring (bicyclic) bond motifs is 18. The summed E-state index contributed by atoms with van der Waals surface area (Å²) in [7, 11) is 0. The minimum atomic E-state index is 0.758. The van der Waals surface area contributed by atoms with Gasteiger partial charge in [-0.25, -0.2) is 9.97 Å². The zero-order valence-corrected chi connectivity index (χ0v) is 31.1. The summed E-state index contributed by atoms with van der Waals surface area (Å²) in [4.78, 5) is 11.5. The summed E-state index contributed by atoms with van der Waals surface area (Å²) in [5.41, 5.74) is 9.58. The predicted molar refractivity (Wildman–Crippen MR) is 242 cm³/mol. The van der Waals surface area contributed by atoms with Crippen LogP contribution in [-0.4, -0.2) is 14.5 Å². The lowest BCUT2D eigenvalue weighted by Crippen LogP contribution is -2.04. The first-order valence-corrected chi connectivity index (χ1v) is 19.8. The van der Waals surface area contributed by atoms with Crippen LogP contribution in [-0.2, 0) is 0 Å². The monoisotopic (exact) mass is 737 g/mol. The molecule has 13 aromatic rings. The van der Waals surface area contributed by atoms with Crippen molar-refractivity contribution < 1.29 is 4.42 Å². The molecule has 268 valence electrons. The minimum absolute atomic E-state index is 0.758. The first kappa shape index (κ1) is 31.4. The lowest BCUT2D eigenvalue weighted by Gasteiger charge is -2.16. The van der Waals surface area contributed by atoms with Crippen molar-refractivity contribution in [1.82, 2.24) is 14.5 Å². The molecular formula is C54H31N3O. The zero-order valence-electron chi connectivity index (χ0n) is 31.1. The van der Waals surface area contributed by atoms with Gasteiger partial charge in [0.15, 0.2) is 11.4 Å². The topological polar surface area (TPSA) is 43.9 Å². The smallest absolute Gasteiger partial charge is 0.165 e. The van der Waals surface area contributed by atoms with E-state index in [1.54, 1.807) is 0 Å². The Bertz CT molecular complexity index is 3840. The standard InChI is InChI=1S/C54H31N3O/c1-3-15-32(16-4-1)35-27-29-44-43(31-35)46-39-23-11-12-24-40(39)48-47-36-20-8-7-17-33(36)28-30-45(47)58-53(48)52(46)57(44)54-49(34-18-5-2-6-19-34)55-50-41-25-13-9-21-37(41)38-22-10-14-26-42(38)51(50)56-54/h1-31H. The molecule has 3 aromatic heterocycles. The molecule has 0 amide bonds. The zero-order chi connectivity index (χ0) is 37.9. The van der Waals surface area contributed by atoms with Gasteiger partial charge in [0.2, 0.25) is 0 Å². The van der Waals surface area contributed by atoms with Gasteiger partial charge in [0.05, 0.1) is 22.1 Å². The number of aromatic nitrogens is 3. The second-order valence-corrected chi connectivity index (χ2v) is 15.2. The van der Waals surface area contributed by atoms with Crippen LogP contribution in [0.5, 0.6) is 0 Å². The van der Waals surface area contributed by atoms with Gasteiger partial charge in [0.1, 0.15) is 11.3 Å². The van der Waals surface area contributed by atoms with Crippen LogP contribution >= 0.6 is 0 Å². The third-order valence-corrected chi connectivity index (χ3v) is 12.1. The Morgan fingerprint density at radius 3 is 1.66 bits per heavy atom. The van der Waals surface area contributed by atoms with E-state index in [-0.39, 0.29) is 0 Å². The number of furan rings is 1. The van der Waals surface area contributed by atoms with E-state index in [2.05, 4.69) is 193 Å². The average Bonchev–Trinajstić information content (AvgIpc) is 3.86. The van der Waals surface area contributed by atoms with Gasteiger partial charge in [-0.05, 0) is 61.6 Å². The SMILES string of the molecule is c1ccc(-c2ccc3c(c2)c2c4ccccc4c4c(oc5ccc6ccccc6c54)c2n3-c2nc3c4ccccc4c4ccccc4c3nc2-c2ccccc2)cc1. The summed E-state index contributed by atoms with van der Waals surface area (Å²) in [5.74, 6) is 0.758. The van der Waals surface area contributed by atoms with Gasteiger partial charge in [-0.2, -0.15) is 0 Å². The summed E-state index contributed by atoms with van der Waals surface area (Å²) >= 11 is 0. The molecule has 0 aliphatic carbocycles. The molecule has 0 atom stereocenters.